The highest BCUT2D eigenvalue weighted by atomic mass is 16.5. The van der Waals surface area contributed by atoms with Gasteiger partial charge in [-0.2, -0.15) is 0 Å². The standard InChI is InChI=1S/C12H24N2O5/c1-3-4-5-10(11(15)16)14-12(17)13-6-7-19-9-8-18-2/h10H,3-9H2,1-2H3,(H,15,16)(H2,13,14,17). The van der Waals surface area contributed by atoms with Crippen LogP contribution in [0.2, 0.25) is 0 Å². The van der Waals surface area contributed by atoms with Gasteiger partial charge in [0.05, 0.1) is 19.8 Å². The van der Waals surface area contributed by atoms with Crippen LogP contribution in [-0.4, -0.2) is 56.6 Å². The SMILES string of the molecule is CCCCC(NC(=O)NCCOCCOC)C(=O)O. The van der Waals surface area contributed by atoms with E-state index in [1.54, 1.807) is 7.11 Å². The Kier molecular flexibility index (Phi) is 10.9. The largest absolute Gasteiger partial charge is 0.480 e. The summed E-state index contributed by atoms with van der Waals surface area (Å²) in [4.78, 5) is 22.4. The van der Waals surface area contributed by atoms with Gasteiger partial charge in [-0.1, -0.05) is 19.8 Å². The summed E-state index contributed by atoms with van der Waals surface area (Å²) in [6.07, 6.45) is 2.08. The fourth-order valence-electron chi connectivity index (χ4n) is 1.36. The number of aliphatic carboxylic acids is 1. The van der Waals surface area contributed by atoms with Gasteiger partial charge in [0.2, 0.25) is 0 Å². The maximum Gasteiger partial charge on any atom is 0.326 e. The Labute approximate surface area is 113 Å². The van der Waals surface area contributed by atoms with Crippen LogP contribution < -0.4 is 10.6 Å². The van der Waals surface area contributed by atoms with Crippen LogP contribution in [0.5, 0.6) is 0 Å². The van der Waals surface area contributed by atoms with Crippen molar-refractivity contribution in [2.75, 3.05) is 33.5 Å². The van der Waals surface area contributed by atoms with E-state index in [-0.39, 0.29) is 0 Å². The lowest BCUT2D eigenvalue weighted by Crippen LogP contribution is -2.46. The molecule has 0 saturated carbocycles. The third kappa shape index (κ3) is 10.3. The first-order valence-corrected chi connectivity index (χ1v) is 6.45. The van der Waals surface area contributed by atoms with Gasteiger partial charge in [-0.15, -0.1) is 0 Å². The Hall–Kier alpha value is -1.34. The van der Waals surface area contributed by atoms with Crippen LogP contribution in [0, 0.1) is 0 Å². The molecule has 0 heterocycles. The molecule has 0 aromatic carbocycles. The molecule has 0 spiro atoms. The number of ether oxygens (including phenoxy) is 2. The Morgan fingerprint density at radius 1 is 1.26 bits per heavy atom. The summed E-state index contributed by atoms with van der Waals surface area (Å²) in [5.41, 5.74) is 0. The molecule has 19 heavy (non-hydrogen) atoms. The average molecular weight is 276 g/mol. The Morgan fingerprint density at radius 3 is 2.58 bits per heavy atom. The third-order valence-corrected chi connectivity index (χ3v) is 2.41. The van der Waals surface area contributed by atoms with Crippen molar-refractivity contribution in [2.45, 2.75) is 32.2 Å². The predicted octanol–water partition coefficient (Wildman–Crippen LogP) is 0.592. The molecule has 1 atom stereocenters. The van der Waals surface area contributed by atoms with Crippen LogP contribution in [0.25, 0.3) is 0 Å². The fourth-order valence-corrected chi connectivity index (χ4v) is 1.36. The van der Waals surface area contributed by atoms with Gasteiger partial charge in [0, 0.05) is 13.7 Å². The maximum absolute atomic E-state index is 11.4. The van der Waals surface area contributed by atoms with Crippen molar-refractivity contribution in [3.05, 3.63) is 0 Å². The smallest absolute Gasteiger partial charge is 0.326 e. The molecule has 0 rings (SSSR count). The normalized spacial score (nSPS) is 11.9. The van der Waals surface area contributed by atoms with Crippen molar-refractivity contribution in [3.8, 4) is 0 Å². The first-order valence-electron chi connectivity index (χ1n) is 6.45. The maximum atomic E-state index is 11.4. The first kappa shape index (κ1) is 17.7. The van der Waals surface area contributed by atoms with Crippen LogP contribution in [0.3, 0.4) is 0 Å². The van der Waals surface area contributed by atoms with Gasteiger partial charge in [0.15, 0.2) is 0 Å². The van der Waals surface area contributed by atoms with E-state index in [1.807, 2.05) is 6.92 Å². The van der Waals surface area contributed by atoms with E-state index in [4.69, 9.17) is 14.6 Å². The summed E-state index contributed by atoms with van der Waals surface area (Å²) in [5.74, 6) is -1.01. The monoisotopic (exact) mass is 276 g/mol. The number of carbonyl (C=O) groups excluding carboxylic acids is 1. The minimum atomic E-state index is -1.01. The van der Waals surface area contributed by atoms with Gasteiger partial charge in [-0.3, -0.25) is 0 Å². The van der Waals surface area contributed by atoms with Crippen molar-refractivity contribution in [3.63, 3.8) is 0 Å². The molecular weight excluding hydrogens is 252 g/mol. The van der Waals surface area contributed by atoms with E-state index in [1.165, 1.54) is 0 Å². The van der Waals surface area contributed by atoms with Crippen molar-refractivity contribution in [1.29, 1.82) is 0 Å². The van der Waals surface area contributed by atoms with Crippen LogP contribution in [0.4, 0.5) is 4.79 Å². The summed E-state index contributed by atoms with van der Waals surface area (Å²) in [7, 11) is 1.58. The summed E-state index contributed by atoms with van der Waals surface area (Å²) in [6, 6.07) is -1.33. The molecule has 0 fully saturated rings. The lowest BCUT2D eigenvalue weighted by molar-refractivity contribution is -0.139. The molecule has 3 N–H and O–H groups in total. The van der Waals surface area contributed by atoms with Gasteiger partial charge in [-0.25, -0.2) is 9.59 Å². The van der Waals surface area contributed by atoms with Gasteiger partial charge in [0.1, 0.15) is 6.04 Å². The highest BCUT2D eigenvalue weighted by molar-refractivity contribution is 5.82. The van der Waals surface area contributed by atoms with Crippen molar-refractivity contribution in [1.82, 2.24) is 10.6 Å². The Bertz CT molecular complexity index is 261. The van der Waals surface area contributed by atoms with E-state index >= 15 is 0 Å². The topological polar surface area (TPSA) is 96.9 Å². The van der Waals surface area contributed by atoms with E-state index in [2.05, 4.69) is 10.6 Å². The van der Waals surface area contributed by atoms with Crippen LogP contribution in [-0.2, 0) is 14.3 Å². The molecule has 0 saturated heterocycles. The number of hydrogen-bond donors (Lipinski definition) is 3. The zero-order valence-electron chi connectivity index (χ0n) is 11.6. The second-order valence-electron chi connectivity index (χ2n) is 4.04. The number of carboxylic acid groups (broad SMARTS) is 1. The number of urea groups is 1. The molecular formula is C12H24N2O5. The molecule has 1 unspecified atom stereocenters. The lowest BCUT2D eigenvalue weighted by Gasteiger charge is -2.14. The van der Waals surface area contributed by atoms with E-state index in [9.17, 15) is 9.59 Å². The Balaban J connectivity index is 3.71. The molecule has 0 bridgehead atoms. The van der Waals surface area contributed by atoms with Crippen LogP contribution in [0.15, 0.2) is 0 Å². The first-order chi connectivity index (χ1) is 9.11. The summed E-state index contributed by atoms with van der Waals surface area (Å²) >= 11 is 0. The van der Waals surface area contributed by atoms with Crippen molar-refractivity contribution >= 4 is 12.0 Å². The highest BCUT2D eigenvalue weighted by Gasteiger charge is 2.18. The number of hydrogen-bond acceptors (Lipinski definition) is 4. The summed E-state index contributed by atoms with van der Waals surface area (Å²) in [6.45, 7) is 3.63. The zero-order valence-corrected chi connectivity index (χ0v) is 11.6. The van der Waals surface area contributed by atoms with Gasteiger partial charge in [-0.05, 0) is 6.42 Å². The van der Waals surface area contributed by atoms with E-state index in [0.29, 0.717) is 32.8 Å². The number of nitrogens with one attached hydrogen (secondary N) is 2. The molecule has 2 amide bonds. The second-order valence-corrected chi connectivity index (χ2v) is 4.04. The number of unbranched alkanes of at least 4 members (excludes halogenated alkanes) is 1. The third-order valence-electron chi connectivity index (χ3n) is 2.41. The molecule has 0 radical (unpaired) electrons. The number of methoxy groups -OCH3 is 1. The lowest BCUT2D eigenvalue weighted by atomic mass is 10.1. The van der Waals surface area contributed by atoms with Gasteiger partial charge in [0.25, 0.3) is 0 Å². The minimum absolute atomic E-state index is 0.329. The number of amides is 2. The molecule has 0 aliphatic heterocycles. The predicted molar refractivity (Wildman–Crippen MR) is 70.2 cm³/mol. The molecule has 0 aliphatic carbocycles. The molecule has 0 aliphatic rings. The quantitative estimate of drug-likeness (QED) is 0.480. The summed E-state index contributed by atoms with van der Waals surface area (Å²) in [5, 5.41) is 13.9. The number of rotatable bonds is 11. The van der Waals surface area contributed by atoms with Crippen LogP contribution in [0.1, 0.15) is 26.2 Å². The van der Waals surface area contributed by atoms with E-state index < -0.39 is 18.0 Å². The van der Waals surface area contributed by atoms with Gasteiger partial charge < -0.3 is 25.2 Å². The van der Waals surface area contributed by atoms with Crippen LogP contribution >= 0.6 is 0 Å². The molecule has 7 heteroatoms. The number of carboxylic acids is 1. The van der Waals surface area contributed by atoms with Crippen molar-refractivity contribution in [2.24, 2.45) is 0 Å². The van der Waals surface area contributed by atoms with Crippen molar-refractivity contribution < 1.29 is 24.2 Å². The Morgan fingerprint density at radius 2 is 2.00 bits per heavy atom. The highest BCUT2D eigenvalue weighted by Crippen LogP contribution is 2.00. The molecule has 7 nitrogen and oxygen atoms in total. The van der Waals surface area contributed by atoms with E-state index in [0.717, 1.165) is 12.8 Å². The minimum Gasteiger partial charge on any atom is -0.480 e. The average Bonchev–Trinajstić information content (AvgIpc) is 2.38. The zero-order chi connectivity index (χ0) is 14.5. The summed E-state index contributed by atoms with van der Waals surface area (Å²) < 4.78 is 9.95. The number of carbonyl (C=O) groups is 2. The second kappa shape index (κ2) is 11.7. The van der Waals surface area contributed by atoms with Gasteiger partial charge >= 0.3 is 12.0 Å². The molecule has 112 valence electrons. The molecule has 0 aromatic rings. The molecule has 0 aromatic heterocycles. The fraction of sp³-hybridized carbons (Fsp3) is 0.833.